The molecule has 1 aromatic carbocycles. The molecule has 2 saturated carbocycles. The topological polar surface area (TPSA) is 83.5 Å². The lowest BCUT2D eigenvalue weighted by molar-refractivity contribution is -0.123. The molecule has 0 heterocycles. The molecule has 0 aromatic heterocycles. The molecule has 0 radical (unpaired) electrons. The number of hydrogen-bond acceptors (Lipinski definition) is 4. The first-order valence-corrected chi connectivity index (χ1v) is 10.6. The number of hydrogen-bond donors (Lipinski definition) is 2. The van der Waals surface area contributed by atoms with E-state index in [2.05, 4.69) is 5.32 Å². The van der Waals surface area contributed by atoms with Crippen LogP contribution in [-0.2, 0) is 14.6 Å². The molecule has 1 atom stereocenters. The molecule has 0 aliphatic heterocycles. The number of carbonyl (C=O) groups excluding carboxylic acids is 1. The molecule has 6 heteroatoms. The molecule has 0 bridgehead atoms. The Morgan fingerprint density at radius 3 is 2.36 bits per heavy atom. The third kappa shape index (κ3) is 3.47. The van der Waals surface area contributed by atoms with Gasteiger partial charge in [0.05, 0.1) is 4.90 Å². The van der Waals surface area contributed by atoms with Gasteiger partial charge in [-0.25, -0.2) is 8.42 Å². The van der Waals surface area contributed by atoms with Crippen LogP contribution in [0.4, 0.5) is 0 Å². The van der Waals surface area contributed by atoms with Crippen LogP contribution in [0.1, 0.15) is 44.1 Å². The van der Waals surface area contributed by atoms with Crippen molar-refractivity contribution >= 4 is 15.7 Å². The molecular weight excluding hydrogens is 338 g/mol. The molecule has 0 spiro atoms. The molecule has 2 N–H and O–H groups in total. The average molecular weight is 365 g/mol. The first-order valence-electron chi connectivity index (χ1n) is 9.11. The standard InChI is InChI=1S/C19H27NO4S/c1-14-4-8-17(9-5-14)25(23,24)19(10-2-3-11-19)18(22)20-12-16(13-21)15-6-7-15/h4-5,8-9,15-16,21H,2-3,6-7,10-13H2,1H3,(H,20,22). The third-order valence-corrected chi connectivity index (χ3v) is 8.23. The summed E-state index contributed by atoms with van der Waals surface area (Å²) in [5.41, 5.74) is 0.985. The van der Waals surface area contributed by atoms with E-state index < -0.39 is 20.5 Å². The van der Waals surface area contributed by atoms with Crippen LogP contribution in [-0.4, -0.2) is 37.3 Å². The Morgan fingerprint density at radius 1 is 1.24 bits per heavy atom. The summed E-state index contributed by atoms with van der Waals surface area (Å²) >= 11 is 0. The van der Waals surface area contributed by atoms with Gasteiger partial charge in [-0.1, -0.05) is 30.5 Å². The fourth-order valence-corrected chi connectivity index (χ4v) is 5.93. The highest BCUT2D eigenvalue weighted by atomic mass is 32.2. The van der Waals surface area contributed by atoms with E-state index in [1.807, 2.05) is 6.92 Å². The minimum absolute atomic E-state index is 0.0304. The van der Waals surface area contributed by atoms with Crippen molar-refractivity contribution in [2.24, 2.45) is 11.8 Å². The number of rotatable bonds is 7. The highest BCUT2D eigenvalue weighted by molar-refractivity contribution is 7.93. The number of aliphatic hydroxyl groups excluding tert-OH is 1. The fraction of sp³-hybridized carbons (Fsp3) is 0.632. The number of carbonyl (C=O) groups is 1. The number of aryl methyl sites for hydroxylation is 1. The summed E-state index contributed by atoms with van der Waals surface area (Å²) in [5.74, 6) is 0.0905. The van der Waals surface area contributed by atoms with Crippen LogP contribution >= 0.6 is 0 Å². The molecular formula is C19H27NO4S. The van der Waals surface area contributed by atoms with Crippen molar-refractivity contribution < 1.29 is 18.3 Å². The Balaban J connectivity index is 1.82. The lowest BCUT2D eigenvalue weighted by Gasteiger charge is -2.28. The Kier molecular flexibility index (Phi) is 5.21. The zero-order valence-electron chi connectivity index (χ0n) is 14.7. The van der Waals surface area contributed by atoms with Gasteiger partial charge in [0.25, 0.3) is 0 Å². The van der Waals surface area contributed by atoms with Gasteiger partial charge in [-0.05, 0) is 50.7 Å². The van der Waals surface area contributed by atoms with E-state index in [1.165, 1.54) is 0 Å². The van der Waals surface area contributed by atoms with Crippen LogP contribution in [0.25, 0.3) is 0 Å². The van der Waals surface area contributed by atoms with E-state index in [9.17, 15) is 18.3 Å². The Labute approximate surface area is 149 Å². The normalized spacial score (nSPS) is 21.0. The third-order valence-electron chi connectivity index (χ3n) is 5.72. The smallest absolute Gasteiger partial charge is 0.241 e. The van der Waals surface area contributed by atoms with E-state index in [4.69, 9.17) is 0 Å². The van der Waals surface area contributed by atoms with E-state index >= 15 is 0 Å². The van der Waals surface area contributed by atoms with Crippen molar-refractivity contribution in [1.82, 2.24) is 5.32 Å². The quantitative estimate of drug-likeness (QED) is 0.776. The largest absolute Gasteiger partial charge is 0.396 e. The number of benzene rings is 1. The molecule has 5 nitrogen and oxygen atoms in total. The maximum Gasteiger partial charge on any atom is 0.241 e. The highest BCUT2D eigenvalue weighted by Gasteiger charge is 2.53. The number of amides is 1. The first-order chi connectivity index (χ1) is 11.9. The molecule has 0 saturated heterocycles. The zero-order valence-corrected chi connectivity index (χ0v) is 15.5. The van der Waals surface area contributed by atoms with Crippen molar-refractivity contribution in [2.75, 3.05) is 13.2 Å². The van der Waals surface area contributed by atoms with E-state index in [0.29, 0.717) is 25.3 Å². The Hall–Kier alpha value is -1.40. The number of aliphatic hydroxyl groups is 1. The van der Waals surface area contributed by atoms with Gasteiger partial charge in [0.1, 0.15) is 0 Å². The van der Waals surface area contributed by atoms with Gasteiger partial charge in [-0.2, -0.15) is 0 Å². The van der Waals surface area contributed by atoms with Crippen LogP contribution in [0.2, 0.25) is 0 Å². The molecule has 1 unspecified atom stereocenters. The fourth-order valence-electron chi connectivity index (χ4n) is 3.84. The van der Waals surface area contributed by atoms with Crippen molar-refractivity contribution in [1.29, 1.82) is 0 Å². The Morgan fingerprint density at radius 2 is 1.84 bits per heavy atom. The second-order valence-electron chi connectivity index (χ2n) is 7.51. The van der Waals surface area contributed by atoms with E-state index in [-0.39, 0.29) is 17.4 Å². The molecule has 3 rings (SSSR count). The van der Waals surface area contributed by atoms with Gasteiger partial charge in [-0.15, -0.1) is 0 Å². The molecule has 25 heavy (non-hydrogen) atoms. The molecule has 2 aliphatic carbocycles. The van der Waals surface area contributed by atoms with Gasteiger partial charge in [0.15, 0.2) is 14.6 Å². The molecule has 138 valence electrons. The van der Waals surface area contributed by atoms with Crippen LogP contribution in [0.5, 0.6) is 0 Å². The van der Waals surface area contributed by atoms with Crippen LogP contribution in [0, 0.1) is 18.8 Å². The SMILES string of the molecule is Cc1ccc(S(=O)(=O)C2(C(=O)NCC(CO)C3CC3)CCCC2)cc1. The zero-order chi connectivity index (χ0) is 18.1. The summed E-state index contributed by atoms with van der Waals surface area (Å²) in [4.78, 5) is 13.2. The predicted molar refractivity (Wildman–Crippen MR) is 95.9 cm³/mol. The minimum atomic E-state index is -3.75. The van der Waals surface area contributed by atoms with Crippen molar-refractivity contribution in [3.63, 3.8) is 0 Å². The summed E-state index contributed by atoms with van der Waals surface area (Å²) in [6.45, 7) is 2.29. The summed E-state index contributed by atoms with van der Waals surface area (Å²) in [7, 11) is -3.75. The number of nitrogens with one attached hydrogen (secondary N) is 1. The predicted octanol–water partition coefficient (Wildman–Crippen LogP) is 2.22. The monoisotopic (exact) mass is 365 g/mol. The van der Waals surface area contributed by atoms with Crippen molar-refractivity contribution in [3.8, 4) is 0 Å². The minimum Gasteiger partial charge on any atom is -0.396 e. The van der Waals surface area contributed by atoms with E-state index in [1.54, 1.807) is 24.3 Å². The van der Waals surface area contributed by atoms with Gasteiger partial charge >= 0.3 is 0 Å². The summed E-state index contributed by atoms with van der Waals surface area (Å²) in [5, 5.41) is 12.3. The second-order valence-corrected chi connectivity index (χ2v) is 9.77. The summed E-state index contributed by atoms with van der Waals surface area (Å²) in [6, 6.07) is 6.72. The van der Waals surface area contributed by atoms with Gasteiger partial charge in [-0.3, -0.25) is 4.79 Å². The molecule has 1 aromatic rings. The Bertz CT molecular complexity index is 716. The lowest BCUT2D eigenvalue weighted by Crippen LogP contribution is -2.51. The van der Waals surface area contributed by atoms with Crippen molar-refractivity contribution in [2.45, 2.75) is 55.1 Å². The highest BCUT2D eigenvalue weighted by Crippen LogP contribution is 2.41. The van der Waals surface area contributed by atoms with Gasteiger partial charge < -0.3 is 10.4 Å². The van der Waals surface area contributed by atoms with Gasteiger partial charge in [0, 0.05) is 19.1 Å². The second kappa shape index (κ2) is 7.08. The van der Waals surface area contributed by atoms with Gasteiger partial charge in [0.2, 0.25) is 5.91 Å². The number of sulfone groups is 1. The van der Waals surface area contributed by atoms with Crippen LogP contribution in [0.15, 0.2) is 29.2 Å². The first kappa shape index (κ1) is 18.4. The molecule has 1 amide bonds. The van der Waals surface area contributed by atoms with E-state index in [0.717, 1.165) is 31.2 Å². The van der Waals surface area contributed by atoms with Crippen molar-refractivity contribution in [3.05, 3.63) is 29.8 Å². The van der Waals surface area contributed by atoms with Crippen LogP contribution < -0.4 is 5.32 Å². The molecule has 2 fully saturated rings. The average Bonchev–Trinajstić information content (AvgIpc) is 3.30. The molecule has 2 aliphatic rings. The van der Waals surface area contributed by atoms with Crippen LogP contribution in [0.3, 0.4) is 0 Å². The summed E-state index contributed by atoms with van der Waals surface area (Å²) in [6.07, 6.45) is 4.36. The lowest BCUT2D eigenvalue weighted by atomic mass is 10.0. The maximum absolute atomic E-state index is 13.3. The maximum atomic E-state index is 13.3. The summed E-state index contributed by atoms with van der Waals surface area (Å²) < 4.78 is 25.1.